The molecule has 1 N–H and O–H groups in total. The molecule has 5 heteroatoms. The predicted molar refractivity (Wildman–Crippen MR) is 112 cm³/mol. The fraction of sp³-hybridized carbons (Fsp3) is 0.261. The largest absolute Gasteiger partial charge is 0.348 e. The Morgan fingerprint density at radius 2 is 1.71 bits per heavy atom. The second-order valence-corrected chi connectivity index (χ2v) is 7.16. The molecule has 0 saturated carbocycles. The van der Waals surface area contributed by atoms with Crippen molar-refractivity contribution >= 4 is 5.91 Å². The van der Waals surface area contributed by atoms with Crippen LogP contribution in [0.25, 0.3) is 11.3 Å². The van der Waals surface area contributed by atoms with Gasteiger partial charge in [-0.3, -0.25) is 9.69 Å². The van der Waals surface area contributed by atoms with Crippen molar-refractivity contribution in [2.75, 3.05) is 7.05 Å². The third kappa shape index (κ3) is 5.02. The molecule has 0 radical (unpaired) electrons. The Balaban J connectivity index is 1.70. The zero-order valence-electron chi connectivity index (χ0n) is 16.6. The van der Waals surface area contributed by atoms with Crippen LogP contribution in [0.2, 0.25) is 0 Å². The van der Waals surface area contributed by atoms with E-state index in [-0.39, 0.29) is 5.91 Å². The molecule has 3 rings (SSSR count). The zero-order valence-corrected chi connectivity index (χ0v) is 16.6. The van der Waals surface area contributed by atoms with Crippen LogP contribution < -0.4 is 5.32 Å². The minimum Gasteiger partial charge on any atom is -0.348 e. The molecular weight excluding hydrogens is 348 g/mol. The molecule has 2 aromatic carbocycles. The van der Waals surface area contributed by atoms with Gasteiger partial charge in [-0.2, -0.15) is 10.2 Å². The van der Waals surface area contributed by atoms with Crippen LogP contribution in [0.4, 0.5) is 0 Å². The third-order valence-corrected chi connectivity index (χ3v) is 4.85. The van der Waals surface area contributed by atoms with Gasteiger partial charge in [-0.05, 0) is 38.1 Å². The zero-order chi connectivity index (χ0) is 19.9. The van der Waals surface area contributed by atoms with Gasteiger partial charge in [-0.15, -0.1) is 0 Å². The average molecular weight is 374 g/mol. The van der Waals surface area contributed by atoms with Crippen LogP contribution in [0.5, 0.6) is 0 Å². The molecule has 0 bridgehead atoms. The van der Waals surface area contributed by atoms with E-state index in [0.29, 0.717) is 23.8 Å². The number of rotatable bonds is 7. The van der Waals surface area contributed by atoms with Crippen LogP contribution in [-0.4, -0.2) is 34.1 Å². The quantitative estimate of drug-likeness (QED) is 0.681. The fourth-order valence-corrected chi connectivity index (χ4v) is 2.85. The number of aromatic nitrogens is 2. The van der Waals surface area contributed by atoms with Crippen LogP contribution in [0.1, 0.15) is 35.3 Å². The van der Waals surface area contributed by atoms with E-state index in [1.165, 1.54) is 11.8 Å². The predicted octanol–water partition coefficient (Wildman–Crippen LogP) is 3.91. The Morgan fingerprint density at radius 3 is 2.43 bits per heavy atom. The summed E-state index contributed by atoms with van der Waals surface area (Å²) in [5.74, 6) is -0.154. The van der Waals surface area contributed by atoms with Crippen LogP contribution in [-0.2, 0) is 13.1 Å². The molecule has 1 amide bonds. The lowest BCUT2D eigenvalue weighted by Gasteiger charge is -2.22. The molecule has 0 aliphatic carbocycles. The summed E-state index contributed by atoms with van der Waals surface area (Å²) in [6.07, 6.45) is 1.50. The monoisotopic (exact) mass is 374 g/mol. The van der Waals surface area contributed by atoms with Gasteiger partial charge in [-0.1, -0.05) is 54.6 Å². The fourth-order valence-electron chi connectivity index (χ4n) is 2.85. The molecule has 1 heterocycles. The maximum absolute atomic E-state index is 12.7. The van der Waals surface area contributed by atoms with E-state index in [1.54, 1.807) is 6.07 Å². The van der Waals surface area contributed by atoms with Crippen molar-refractivity contribution in [3.63, 3.8) is 0 Å². The van der Waals surface area contributed by atoms with E-state index >= 15 is 0 Å². The van der Waals surface area contributed by atoms with Gasteiger partial charge in [0.15, 0.2) is 0 Å². The van der Waals surface area contributed by atoms with Gasteiger partial charge in [0, 0.05) is 24.7 Å². The molecular formula is C23H26N4O. The second-order valence-electron chi connectivity index (χ2n) is 7.16. The Bertz CT molecular complexity index is 925. The number of amides is 1. The van der Waals surface area contributed by atoms with Crippen molar-refractivity contribution in [1.29, 1.82) is 0 Å². The van der Waals surface area contributed by atoms with Gasteiger partial charge in [0.05, 0.1) is 17.5 Å². The molecule has 0 aliphatic heterocycles. The number of nitrogens with one attached hydrogen (secondary N) is 1. The van der Waals surface area contributed by atoms with Gasteiger partial charge < -0.3 is 5.32 Å². The number of nitrogens with zero attached hydrogens (tertiary/aromatic N) is 3. The first-order valence-corrected chi connectivity index (χ1v) is 9.48. The highest BCUT2D eigenvalue weighted by Crippen LogP contribution is 2.17. The minimum absolute atomic E-state index is 0.154. The lowest BCUT2D eigenvalue weighted by molar-refractivity contribution is 0.0950. The highest BCUT2D eigenvalue weighted by Gasteiger charge is 2.11. The maximum Gasteiger partial charge on any atom is 0.253 e. The van der Waals surface area contributed by atoms with E-state index in [2.05, 4.69) is 53.4 Å². The summed E-state index contributed by atoms with van der Waals surface area (Å²) in [6, 6.07) is 20.2. The first-order valence-electron chi connectivity index (χ1n) is 9.48. The summed E-state index contributed by atoms with van der Waals surface area (Å²) < 4.78 is 0. The molecule has 0 spiro atoms. The third-order valence-electron chi connectivity index (χ3n) is 4.85. The van der Waals surface area contributed by atoms with E-state index in [9.17, 15) is 4.79 Å². The van der Waals surface area contributed by atoms with Crippen LogP contribution in [0, 0.1) is 0 Å². The van der Waals surface area contributed by atoms with Crippen molar-refractivity contribution < 1.29 is 4.79 Å². The molecule has 144 valence electrons. The lowest BCUT2D eigenvalue weighted by atomic mass is 10.1. The minimum atomic E-state index is -0.154. The highest BCUT2D eigenvalue weighted by molar-refractivity contribution is 5.94. The van der Waals surface area contributed by atoms with E-state index in [1.807, 2.05) is 42.5 Å². The van der Waals surface area contributed by atoms with Crippen LogP contribution in [0.15, 0.2) is 66.9 Å². The Kier molecular flexibility index (Phi) is 6.50. The number of hydrogen-bond donors (Lipinski definition) is 1. The Hall–Kier alpha value is -3.05. The van der Waals surface area contributed by atoms with Crippen molar-refractivity contribution in [2.24, 2.45) is 0 Å². The standard InChI is InChI=1S/C23H26N4O/c1-17(2)27(3)16-20-12-8-7-11-19(20)14-24-23(28)21-13-22(26-25-15-21)18-9-5-4-6-10-18/h4-13,15,17H,14,16H2,1-3H3,(H,24,28). The average Bonchev–Trinajstić information content (AvgIpc) is 2.73. The highest BCUT2D eigenvalue weighted by atomic mass is 16.1. The van der Waals surface area contributed by atoms with Gasteiger partial charge in [0.1, 0.15) is 0 Å². The Labute approximate surface area is 166 Å². The molecule has 0 fully saturated rings. The molecule has 0 unspecified atom stereocenters. The number of carbonyl (C=O) groups is 1. The molecule has 1 aromatic heterocycles. The number of hydrogen-bond acceptors (Lipinski definition) is 4. The van der Waals surface area contributed by atoms with Crippen molar-refractivity contribution in [3.8, 4) is 11.3 Å². The van der Waals surface area contributed by atoms with Crippen molar-refractivity contribution in [1.82, 2.24) is 20.4 Å². The first kappa shape index (κ1) is 19.7. The molecule has 3 aromatic rings. The van der Waals surface area contributed by atoms with E-state index in [0.717, 1.165) is 17.7 Å². The topological polar surface area (TPSA) is 58.1 Å². The summed E-state index contributed by atoms with van der Waals surface area (Å²) in [5, 5.41) is 11.1. The summed E-state index contributed by atoms with van der Waals surface area (Å²) in [4.78, 5) is 14.9. The normalized spacial score (nSPS) is 11.0. The molecule has 28 heavy (non-hydrogen) atoms. The smallest absolute Gasteiger partial charge is 0.253 e. The van der Waals surface area contributed by atoms with Crippen LogP contribution >= 0.6 is 0 Å². The lowest BCUT2D eigenvalue weighted by Crippen LogP contribution is -2.27. The summed E-state index contributed by atoms with van der Waals surface area (Å²) in [7, 11) is 2.10. The Morgan fingerprint density at radius 1 is 1.04 bits per heavy atom. The van der Waals surface area contributed by atoms with Crippen LogP contribution in [0.3, 0.4) is 0 Å². The number of carbonyl (C=O) groups excluding carboxylic acids is 1. The van der Waals surface area contributed by atoms with Gasteiger partial charge >= 0.3 is 0 Å². The maximum atomic E-state index is 12.7. The van der Waals surface area contributed by atoms with Gasteiger partial charge in [0.2, 0.25) is 0 Å². The molecule has 0 aliphatic rings. The van der Waals surface area contributed by atoms with Crippen molar-refractivity contribution in [3.05, 3.63) is 83.6 Å². The summed E-state index contributed by atoms with van der Waals surface area (Å²) in [5.41, 5.74) is 4.47. The number of benzene rings is 2. The molecule has 5 nitrogen and oxygen atoms in total. The first-order chi connectivity index (χ1) is 13.5. The van der Waals surface area contributed by atoms with Gasteiger partial charge in [0.25, 0.3) is 5.91 Å². The van der Waals surface area contributed by atoms with Crippen molar-refractivity contribution in [2.45, 2.75) is 33.0 Å². The molecule has 0 atom stereocenters. The summed E-state index contributed by atoms with van der Waals surface area (Å²) in [6.45, 7) is 5.67. The SMILES string of the molecule is CC(C)N(C)Cc1ccccc1CNC(=O)c1cnnc(-c2ccccc2)c1. The molecule has 0 saturated heterocycles. The van der Waals surface area contributed by atoms with E-state index < -0.39 is 0 Å². The summed E-state index contributed by atoms with van der Waals surface area (Å²) >= 11 is 0. The second kappa shape index (κ2) is 9.24. The van der Waals surface area contributed by atoms with E-state index in [4.69, 9.17) is 0 Å². The van der Waals surface area contributed by atoms with Gasteiger partial charge in [-0.25, -0.2) is 0 Å².